The van der Waals surface area contributed by atoms with Gasteiger partial charge in [-0.1, -0.05) is 22.6 Å². The minimum absolute atomic E-state index is 0.0103. The number of nitrogens with zero attached hydrogens (tertiary/aromatic N) is 6. The molecule has 1 fully saturated rings. The molecule has 0 unspecified atom stereocenters. The van der Waals surface area contributed by atoms with E-state index in [0.29, 0.717) is 38.0 Å². The molecule has 0 aliphatic carbocycles. The van der Waals surface area contributed by atoms with Crippen molar-refractivity contribution in [1.82, 2.24) is 40.6 Å². The number of hydrogen-bond acceptors (Lipinski definition) is 8. The van der Waals surface area contributed by atoms with Crippen LogP contribution in [0.2, 0.25) is 0 Å². The number of unbranched alkanes of at least 4 members (excludes halogenated alkanes) is 1. The molecule has 12 nitrogen and oxygen atoms in total. The summed E-state index contributed by atoms with van der Waals surface area (Å²) in [5.74, 6) is -0.225. The van der Waals surface area contributed by atoms with Gasteiger partial charge in [-0.2, -0.15) is 8.78 Å². The number of ether oxygens (including phenoxy) is 2. The van der Waals surface area contributed by atoms with Gasteiger partial charge in [-0.05, 0) is 49.3 Å². The van der Waals surface area contributed by atoms with Crippen molar-refractivity contribution in [3.05, 3.63) is 53.6 Å². The molecule has 210 valence electrons. The Bertz CT molecular complexity index is 1240. The number of hydrogen-bond donors (Lipinski definition) is 2. The van der Waals surface area contributed by atoms with Gasteiger partial charge in [0.05, 0.1) is 12.4 Å². The molecule has 1 aliphatic heterocycles. The first-order valence-electron chi connectivity index (χ1n) is 12.9. The summed E-state index contributed by atoms with van der Waals surface area (Å²) in [7, 11) is 0. The molecule has 1 saturated heterocycles. The van der Waals surface area contributed by atoms with Crippen LogP contribution in [0, 0.1) is 5.92 Å². The summed E-state index contributed by atoms with van der Waals surface area (Å²) in [6.07, 6.45) is 3.27. The lowest BCUT2D eigenvalue weighted by Gasteiger charge is -2.21. The third-order valence-corrected chi connectivity index (χ3v) is 6.11. The second-order valence-electron chi connectivity index (χ2n) is 9.45. The number of benzene rings is 1. The zero-order chi connectivity index (χ0) is 27.7. The van der Waals surface area contributed by atoms with Crippen molar-refractivity contribution in [1.29, 1.82) is 0 Å². The van der Waals surface area contributed by atoms with E-state index in [-0.39, 0.29) is 29.6 Å². The summed E-state index contributed by atoms with van der Waals surface area (Å²) in [6.45, 7) is 3.97. The van der Waals surface area contributed by atoms with Crippen molar-refractivity contribution < 1.29 is 27.8 Å². The monoisotopic (exact) mass is 546 g/mol. The molecular formula is C25H32F2N8O4. The van der Waals surface area contributed by atoms with Gasteiger partial charge < -0.3 is 20.1 Å². The molecular weight excluding hydrogens is 514 g/mol. The second-order valence-corrected chi connectivity index (χ2v) is 9.45. The Hall–Kier alpha value is -3.94. The lowest BCUT2D eigenvalue weighted by atomic mass is 10.0. The van der Waals surface area contributed by atoms with Gasteiger partial charge in [-0.25, -0.2) is 0 Å². The Kier molecular flexibility index (Phi) is 9.52. The van der Waals surface area contributed by atoms with Crippen molar-refractivity contribution in [2.24, 2.45) is 5.92 Å². The van der Waals surface area contributed by atoms with Crippen molar-refractivity contribution in [2.75, 3.05) is 19.8 Å². The normalized spacial score (nSPS) is 14.2. The molecule has 0 saturated carbocycles. The molecule has 0 atom stereocenters. The van der Waals surface area contributed by atoms with Gasteiger partial charge >= 0.3 is 6.11 Å². The first kappa shape index (κ1) is 28.1. The largest absolute Gasteiger partial charge is 0.433 e. The van der Waals surface area contributed by atoms with Crippen LogP contribution in [0.1, 0.15) is 59.1 Å². The number of aryl methyl sites for hydroxylation is 2. The first-order valence-corrected chi connectivity index (χ1v) is 12.9. The maximum absolute atomic E-state index is 13.1. The Morgan fingerprint density at radius 3 is 2.26 bits per heavy atom. The highest BCUT2D eigenvalue weighted by Gasteiger charge is 2.23. The highest BCUT2D eigenvalue weighted by Crippen LogP contribution is 2.21. The van der Waals surface area contributed by atoms with Gasteiger partial charge in [0.15, 0.2) is 11.4 Å². The number of aromatic nitrogens is 6. The van der Waals surface area contributed by atoms with Crippen molar-refractivity contribution >= 4 is 11.8 Å². The number of alkyl halides is 2. The van der Waals surface area contributed by atoms with Gasteiger partial charge in [0, 0.05) is 46.3 Å². The first-order chi connectivity index (χ1) is 18.7. The lowest BCUT2D eigenvalue weighted by molar-refractivity contribution is -0.159. The number of halogens is 2. The van der Waals surface area contributed by atoms with E-state index in [2.05, 4.69) is 36.0 Å². The average Bonchev–Trinajstić information content (AvgIpc) is 3.58. The molecule has 2 N–H and O–H groups in total. The number of carbonyl (C=O) groups excluding carboxylic acids is 2. The van der Waals surface area contributed by atoms with E-state index in [4.69, 9.17) is 4.74 Å². The molecule has 2 aromatic heterocycles. The van der Waals surface area contributed by atoms with E-state index < -0.39 is 12.0 Å². The summed E-state index contributed by atoms with van der Waals surface area (Å²) in [5, 5.41) is 21.5. The fraction of sp³-hybridized carbons (Fsp3) is 0.520. The van der Waals surface area contributed by atoms with Crippen LogP contribution in [-0.4, -0.2) is 67.7 Å². The summed E-state index contributed by atoms with van der Waals surface area (Å²) in [4.78, 5) is 24.7. The van der Waals surface area contributed by atoms with Crippen LogP contribution in [0.25, 0.3) is 0 Å². The van der Waals surface area contributed by atoms with Crippen LogP contribution >= 0.6 is 0 Å². The van der Waals surface area contributed by atoms with Gasteiger partial charge in [0.25, 0.3) is 11.8 Å². The molecule has 39 heavy (non-hydrogen) atoms. The van der Waals surface area contributed by atoms with Crippen molar-refractivity contribution in [3.63, 3.8) is 0 Å². The van der Waals surface area contributed by atoms with Crippen LogP contribution in [0.15, 0.2) is 36.7 Å². The number of nitrogens with one attached hydrogen (secondary N) is 2. The van der Waals surface area contributed by atoms with Crippen molar-refractivity contribution in [2.45, 2.75) is 58.3 Å². The minimum atomic E-state index is -3.29. The Labute approximate surface area is 224 Å². The zero-order valence-corrected chi connectivity index (χ0v) is 21.7. The maximum Gasteiger partial charge on any atom is 0.394 e. The van der Waals surface area contributed by atoms with E-state index in [1.54, 1.807) is 33.9 Å². The maximum atomic E-state index is 13.1. The van der Waals surface area contributed by atoms with Crippen LogP contribution in [-0.2, 0) is 24.4 Å². The number of carbonyl (C=O) groups is 2. The van der Waals surface area contributed by atoms with Crippen LogP contribution in [0.5, 0.6) is 5.75 Å². The van der Waals surface area contributed by atoms with E-state index in [0.717, 1.165) is 38.9 Å². The van der Waals surface area contributed by atoms with Crippen LogP contribution < -0.4 is 15.4 Å². The Morgan fingerprint density at radius 1 is 1.03 bits per heavy atom. The topological polar surface area (TPSA) is 138 Å². The molecule has 4 rings (SSSR count). The lowest BCUT2D eigenvalue weighted by Crippen LogP contribution is -2.32. The molecule has 0 radical (unpaired) electrons. The fourth-order valence-corrected chi connectivity index (χ4v) is 4.05. The van der Waals surface area contributed by atoms with Crippen LogP contribution in [0.4, 0.5) is 8.78 Å². The highest BCUT2D eigenvalue weighted by molar-refractivity contribution is 5.92. The summed E-state index contributed by atoms with van der Waals surface area (Å²) in [6, 6.07) is 6.12. The van der Waals surface area contributed by atoms with Gasteiger partial charge in [0.2, 0.25) is 0 Å². The Balaban J connectivity index is 1.15. The average molecular weight is 547 g/mol. The van der Waals surface area contributed by atoms with E-state index in [1.807, 2.05) is 0 Å². The summed E-state index contributed by atoms with van der Waals surface area (Å²) >= 11 is 0. The molecule has 3 aromatic rings. The Morgan fingerprint density at radius 2 is 1.64 bits per heavy atom. The molecule has 14 heteroatoms. The minimum Gasteiger partial charge on any atom is -0.433 e. The standard InChI is InChI=1S/C25H32F2N8O4/c1-25(26,27)39-20-6-4-5-19(13-20)15-29-24(37)22-17-35(33-31-22)10-3-2-9-34-16-21(30-32-34)23(36)28-14-18-7-11-38-12-8-18/h4-6,13,16-18H,2-3,7-12,14-15H2,1H3,(H,28,36)(H,29,37). The zero-order valence-electron chi connectivity index (χ0n) is 21.7. The van der Waals surface area contributed by atoms with E-state index >= 15 is 0 Å². The molecule has 0 spiro atoms. The molecule has 1 aliphatic rings. The molecule has 3 heterocycles. The number of rotatable bonds is 13. The third kappa shape index (κ3) is 9.09. The molecule has 1 aromatic carbocycles. The molecule has 2 amide bonds. The van der Waals surface area contributed by atoms with Gasteiger partial charge in [-0.3, -0.25) is 19.0 Å². The number of amides is 2. The fourth-order valence-electron chi connectivity index (χ4n) is 4.05. The van der Waals surface area contributed by atoms with E-state index in [9.17, 15) is 18.4 Å². The summed E-state index contributed by atoms with van der Waals surface area (Å²) < 4.78 is 39.2. The second kappa shape index (κ2) is 13.2. The molecule has 0 bridgehead atoms. The highest BCUT2D eigenvalue weighted by atomic mass is 19.3. The smallest absolute Gasteiger partial charge is 0.394 e. The van der Waals surface area contributed by atoms with E-state index in [1.165, 1.54) is 12.1 Å². The predicted molar refractivity (Wildman–Crippen MR) is 134 cm³/mol. The summed E-state index contributed by atoms with van der Waals surface area (Å²) in [5.41, 5.74) is 1.04. The van der Waals surface area contributed by atoms with Crippen molar-refractivity contribution in [3.8, 4) is 5.75 Å². The third-order valence-electron chi connectivity index (χ3n) is 6.11. The quantitative estimate of drug-likeness (QED) is 0.312. The SMILES string of the molecule is CC(F)(F)Oc1cccc(CNC(=O)c2cn(CCCCn3cc(C(=O)NCC4CCOCC4)nn3)nn2)c1. The van der Waals surface area contributed by atoms with Crippen LogP contribution in [0.3, 0.4) is 0 Å². The van der Waals surface area contributed by atoms with Gasteiger partial charge in [0.1, 0.15) is 5.75 Å². The predicted octanol–water partition coefficient (Wildman–Crippen LogP) is 2.43. The van der Waals surface area contributed by atoms with Gasteiger partial charge in [-0.15, -0.1) is 10.2 Å².